The molecular formula is C15H13F4NO4S. The molecule has 1 N–H and O–H groups in total. The van der Waals surface area contributed by atoms with E-state index < -0.39 is 33.3 Å². The summed E-state index contributed by atoms with van der Waals surface area (Å²) in [6, 6.07) is 5.73. The van der Waals surface area contributed by atoms with E-state index in [4.69, 9.17) is 9.47 Å². The molecule has 0 heterocycles. The first-order chi connectivity index (χ1) is 11.6. The SMILES string of the molecule is COc1ccc(OC)c(S(=O)(=O)Nc2ccc(F)c(C(F)(F)F)c2)c1. The summed E-state index contributed by atoms with van der Waals surface area (Å²) >= 11 is 0. The molecule has 25 heavy (non-hydrogen) atoms. The molecule has 0 amide bonds. The zero-order chi connectivity index (χ0) is 18.8. The van der Waals surface area contributed by atoms with Crippen molar-refractivity contribution in [1.82, 2.24) is 0 Å². The van der Waals surface area contributed by atoms with Crippen molar-refractivity contribution in [1.29, 1.82) is 0 Å². The van der Waals surface area contributed by atoms with Crippen LogP contribution in [-0.2, 0) is 16.2 Å². The van der Waals surface area contributed by atoms with Gasteiger partial charge in [0.25, 0.3) is 10.0 Å². The van der Waals surface area contributed by atoms with Crippen LogP contribution in [0.25, 0.3) is 0 Å². The number of nitrogens with one attached hydrogen (secondary N) is 1. The molecule has 0 bridgehead atoms. The van der Waals surface area contributed by atoms with E-state index in [1.165, 1.54) is 26.4 Å². The van der Waals surface area contributed by atoms with Gasteiger partial charge in [0.15, 0.2) is 0 Å². The van der Waals surface area contributed by atoms with Gasteiger partial charge in [0, 0.05) is 11.8 Å². The molecule has 0 spiro atoms. The van der Waals surface area contributed by atoms with E-state index in [-0.39, 0.29) is 16.4 Å². The third kappa shape index (κ3) is 4.13. The van der Waals surface area contributed by atoms with Crippen molar-refractivity contribution >= 4 is 15.7 Å². The minimum absolute atomic E-state index is 0.0357. The Hall–Kier alpha value is -2.49. The number of hydrogen-bond donors (Lipinski definition) is 1. The lowest BCUT2D eigenvalue weighted by Crippen LogP contribution is -2.16. The van der Waals surface area contributed by atoms with Crippen molar-refractivity contribution in [3.05, 3.63) is 47.8 Å². The van der Waals surface area contributed by atoms with E-state index in [1.807, 2.05) is 4.72 Å². The number of sulfonamides is 1. The maximum atomic E-state index is 13.3. The summed E-state index contributed by atoms with van der Waals surface area (Å²) in [5, 5.41) is 0. The highest BCUT2D eigenvalue weighted by molar-refractivity contribution is 7.92. The maximum absolute atomic E-state index is 13.3. The standard InChI is InChI=1S/C15H13F4NO4S/c1-23-10-4-6-13(24-2)14(8-10)25(21,22)20-9-3-5-12(16)11(7-9)15(17,18)19/h3-8,20H,1-2H3. The Bertz CT molecular complexity index is 882. The number of rotatable bonds is 5. The van der Waals surface area contributed by atoms with Crippen molar-refractivity contribution in [2.45, 2.75) is 11.1 Å². The molecule has 0 aliphatic heterocycles. The van der Waals surface area contributed by atoms with Gasteiger partial charge in [0.05, 0.1) is 19.8 Å². The van der Waals surface area contributed by atoms with Gasteiger partial charge in [0.2, 0.25) is 0 Å². The van der Waals surface area contributed by atoms with Crippen LogP contribution in [-0.4, -0.2) is 22.6 Å². The largest absolute Gasteiger partial charge is 0.497 e. The van der Waals surface area contributed by atoms with Crippen molar-refractivity contribution in [3.63, 3.8) is 0 Å². The fraction of sp³-hybridized carbons (Fsp3) is 0.200. The lowest BCUT2D eigenvalue weighted by Gasteiger charge is -2.14. The molecule has 0 fully saturated rings. The molecule has 0 saturated carbocycles. The van der Waals surface area contributed by atoms with E-state index in [2.05, 4.69) is 0 Å². The summed E-state index contributed by atoms with van der Waals surface area (Å²) in [6.45, 7) is 0. The second-order valence-electron chi connectivity index (χ2n) is 4.81. The highest BCUT2D eigenvalue weighted by Crippen LogP contribution is 2.34. The monoisotopic (exact) mass is 379 g/mol. The lowest BCUT2D eigenvalue weighted by atomic mass is 10.2. The summed E-state index contributed by atoms with van der Waals surface area (Å²) in [5.41, 5.74) is -2.02. The van der Waals surface area contributed by atoms with Crippen LogP contribution in [0.1, 0.15) is 5.56 Å². The van der Waals surface area contributed by atoms with Crippen molar-refractivity contribution in [3.8, 4) is 11.5 Å². The van der Waals surface area contributed by atoms with E-state index in [0.717, 1.165) is 12.1 Å². The molecule has 2 rings (SSSR count). The number of alkyl halides is 3. The van der Waals surface area contributed by atoms with E-state index in [1.54, 1.807) is 0 Å². The first kappa shape index (κ1) is 18.8. The van der Waals surface area contributed by atoms with E-state index in [9.17, 15) is 26.0 Å². The van der Waals surface area contributed by atoms with Gasteiger partial charge >= 0.3 is 6.18 Å². The molecule has 2 aromatic rings. The Morgan fingerprint density at radius 2 is 1.68 bits per heavy atom. The lowest BCUT2D eigenvalue weighted by molar-refractivity contribution is -0.139. The average Bonchev–Trinajstić information content (AvgIpc) is 2.54. The normalized spacial score (nSPS) is 11.9. The van der Waals surface area contributed by atoms with Crippen molar-refractivity contribution in [2.75, 3.05) is 18.9 Å². The Balaban J connectivity index is 2.47. The highest BCUT2D eigenvalue weighted by Gasteiger charge is 2.34. The molecule has 0 aliphatic rings. The van der Waals surface area contributed by atoms with Crippen LogP contribution >= 0.6 is 0 Å². The minimum Gasteiger partial charge on any atom is -0.497 e. The third-order valence-corrected chi connectivity index (χ3v) is 4.59. The van der Waals surface area contributed by atoms with Crippen molar-refractivity contribution in [2.24, 2.45) is 0 Å². The summed E-state index contributed by atoms with van der Waals surface area (Å²) in [4.78, 5) is -0.341. The van der Waals surface area contributed by atoms with Gasteiger partial charge in [-0.05, 0) is 30.3 Å². The van der Waals surface area contributed by atoms with Crippen LogP contribution in [0.5, 0.6) is 11.5 Å². The highest BCUT2D eigenvalue weighted by atomic mass is 32.2. The predicted molar refractivity (Wildman–Crippen MR) is 81.8 cm³/mol. The molecule has 10 heteroatoms. The summed E-state index contributed by atoms with van der Waals surface area (Å²) in [6.07, 6.45) is -4.96. The van der Waals surface area contributed by atoms with E-state index >= 15 is 0 Å². The predicted octanol–water partition coefficient (Wildman–Crippen LogP) is 3.66. The fourth-order valence-corrected chi connectivity index (χ4v) is 3.24. The molecule has 2 aromatic carbocycles. The first-order valence-electron chi connectivity index (χ1n) is 6.70. The van der Waals surface area contributed by atoms with Gasteiger partial charge in [-0.3, -0.25) is 4.72 Å². The second-order valence-corrected chi connectivity index (χ2v) is 6.47. The number of methoxy groups -OCH3 is 2. The molecule has 0 radical (unpaired) electrons. The first-order valence-corrected chi connectivity index (χ1v) is 8.18. The van der Waals surface area contributed by atoms with Gasteiger partial charge in [-0.2, -0.15) is 13.2 Å². The van der Waals surface area contributed by atoms with Crippen LogP contribution < -0.4 is 14.2 Å². The van der Waals surface area contributed by atoms with Gasteiger partial charge in [0.1, 0.15) is 22.2 Å². The number of ether oxygens (including phenoxy) is 2. The van der Waals surface area contributed by atoms with Crippen LogP contribution in [0.15, 0.2) is 41.3 Å². The number of hydrogen-bond acceptors (Lipinski definition) is 4. The van der Waals surface area contributed by atoms with Crippen LogP contribution in [0.4, 0.5) is 23.2 Å². The Kier molecular flexibility index (Phi) is 5.12. The van der Waals surface area contributed by atoms with Gasteiger partial charge in [-0.1, -0.05) is 0 Å². The zero-order valence-corrected chi connectivity index (χ0v) is 13.8. The molecular weight excluding hydrogens is 366 g/mol. The van der Waals surface area contributed by atoms with Gasteiger partial charge < -0.3 is 9.47 Å². The number of benzene rings is 2. The number of halogens is 4. The van der Waals surface area contributed by atoms with Crippen LogP contribution in [0.2, 0.25) is 0 Å². The van der Waals surface area contributed by atoms with Crippen LogP contribution in [0, 0.1) is 5.82 Å². The van der Waals surface area contributed by atoms with Crippen LogP contribution in [0.3, 0.4) is 0 Å². The number of anilines is 1. The van der Waals surface area contributed by atoms with Gasteiger partial charge in [-0.25, -0.2) is 12.8 Å². The Morgan fingerprint density at radius 3 is 2.24 bits per heavy atom. The average molecular weight is 379 g/mol. The van der Waals surface area contributed by atoms with Crippen molar-refractivity contribution < 1.29 is 35.5 Å². The maximum Gasteiger partial charge on any atom is 0.419 e. The molecule has 136 valence electrons. The molecule has 0 unspecified atom stereocenters. The Labute approximate surface area is 141 Å². The molecule has 0 saturated heterocycles. The molecule has 0 atom stereocenters. The van der Waals surface area contributed by atoms with E-state index in [0.29, 0.717) is 12.1 Å². The summed E-state index contributed by atoms with van der Waals surface area (Å²) in [7, 11) is -1.75. The van der Waals surface area contributed by atoms with Gasteiger partial charge in [-0.15, -0.1) is 0 Å². The zero-order valence-electron chi connectivity index (χ0n) is 13.0. The Morgan fingerprint density at radius 1 is 1.00 bits per heavy atom. The quantitative estimate of drug-likeness (QED) is 0.806. The third-order valence-electron chi connectivity index (χ3n) is 3.18. The smallest absolute Gasteiger partial charge is 0.419 e. The topological polar surface area (TPSA) is 64.6 Å². The molecule has 5 nitrogen and oxygen atoms in total. The second kappa shape index (κ2) is 6.79. The molecule has 0 aromatic heterocycles. The minimum atomic E-state index is -4.96. The molecule has 0 aliphatic carbocycles. The fourth-order valence-electron chi connectivity index (χ4n) is 2.01. The summed E-state index contributed by atoms with van der Waals surface area (Å²) < 4.78 is 88.4. The summed E-state index contributed by atoms with van der Waals surface area (Å²) in [5.74, 6) is -1.34.